The van der Waals surface area contributed by atoms with Crippen LogP contribution in [0.5, 0.6) is 23.0 Å². The molecule has 0 fully saturated rings. The van der Waals surface area contributed by atoms with E-state index in [0.29, 0.717) is 41.3 Å². The van der Waals surface area contributed by atoms with E-state index < -0.39 is 0 Å². The Morgan fingerprint density at radius 2 is 1.82 bits per heavy atom. The number of nitrogens with zero attached hydrogens (tertiary/aromatic N) is 2. The molecule has 0 saturated heterocycles. The minimum absolute atomic E-state index is 0.211. The van der Waals surface area contributed by atoms with Gasteiger partial charge in [0.15, 0.2) is 23.0 Å². The van der Waals surface area contributed by atoms with Gasteiger partial charge in [-0.1, -0.05) is 6.07 Å². The number of methoxy groups -OCH3 is 2. The highest BCUT2D eigenvalue weighted by atomic mass is 16.7. The van der Waals surface area contributed by atoms with Crippen molar-refractivity contribution >= 4 is 10.9 Å². The molecule has 4 rings (SSSR count). The fourth-order valence-corrected chi connectivity index (χ4v) is 3.25. The van der Waals surface area contributed by atoms with E-state index >= 15 is 0 Å². The van der Waals surface area contributed by atoms with Crippen molar-refractivity contribution < 1.29 is 18.9 Å². The summed E-state index contributed by atoms with van der Waals surface area (Å²) >= 11 is 0. The second-order valence-corrected chi connectivity index (χ2v) is 6.60. The molecule has 1 aliphatic heterocycles. The fraction of sp³-hybridized carbons (Fsp3) is 0.300. The van der Waals surface area contributed by atoms with Crippen molar-refractivity contribution in [3.63, 3.8) is 0 Å². The van der Waals surface area contributed by atoms with Crippen LogP contribution in [0.1, 0.15) is 11.4 Å². The van der Waals surface area contributed by atoms with Crippen LogP contribution in [0, 0.1) is 0 Å². The van der Waals surface area contributed by atoms with Gasteiger partial charge in [0.2, 0.25) is 6.79 Å². The second kappa shape index (κ2) is 7.40. The Balaban J connectivity index is 1.56. The Labute approximate surface area is 161 Å². The maximum Gasteiger partial charge on any atom is 0.258 e. The summed E-state index contributed by atoms with van der Waals surface area (Å²) in [6, 6.07) is 9.22. The van der Waals surface area contributed by atoms with Gasteiger partial charge in [-0.3, -0.25) is 9.69 Å². The number of H-pyrrole nitrogens is 1. The van der Waals surface area contributed by atoms with Gasteiger partial charge in [0, 0.05) is 12.6 Å². The first-order chi connectivity index (χ1) is 13.6. The summed E-state index contributed by atoms with van der Waals surface area (Å²) in [7, 11) is 5.05. The smallest absolute Gasteiger partial charge is 0.258 e. The summed E-state index contributed by atoms with van der Waals surface area (Å²) in [5.41, 5.74) is 1.44. The highest BCUT2D eigenvalue weighted by Crippen LogP contribution is 2.33. The molecule has 0 radical (unpaired) electrons. The monoisotopic (exact) mass is 383 g/mol. The van der Waals surface area contributed by atoms with Crippen molar-refractivity contribution in [1.82, 2.24) is 14.9 Å². The largest absolute Gasteiger partial charge is 0.493 e. The average molecular weight is 383 g/mol. The van der Waals surface area contributed by atoms with E-state index in [4.69, 9.17) is 18.9 Å². The molecule has 2 heterocycles. The summed E-state index contributed by atoms with van der Waals surface area (Å²) in [5, 5.41) is 0.458. The van der Waals surface area contributed by atoms with Gasteiger partial charge in [0.1, 0.15) is 5.82 Å². The molecule has 0 atom stereocenters. The Hall–Kier alpha value is -3.26. The van der Waals surface area contributed by atoms with Crippen molar-refractivity contribution in [2.24, 2.45) is 0 Å². The molecule has 8 heteroatoms. The van der Waals surface area contributed by atoms with Gasteiger partial charge >= 0.3 is 0 Å². The number of benzene rings is 2. The molecule has 1 aromatic heterocycles. The standard InChI is InChI=1S/C20H21N3O5/c1-23(9-12-4-5-15-18(6-12)28-11-27-15)10-19-21-14-8-17(26-3)16(25-2)7-13(14)20(24)22-19/h4-8H,9-11H2,1-3H3,(H,21,22,24). The van der Waals surface area contributed by atoms with E-state index in [1.807, 2.05) is 25.2 Å². The molecule has 3 aromatic rings. The molecule has 0 saturated carbocycles. The van der Waals surface area contributed by atoms with Crippen LogP contribution in [0.15, 0.2) is 35.1 Å². The van der Waals surface area contributed by atoms with Crippen LogP contribution < -0.4 is 24.5 Å². The van der Waals surface area contributed by atoms with Gasteiger partial charge in [-0.25, -0.2) is 4.98 Å². The van der Waals surface area contributed by atoms with Gasteiger partial charge in [-0.05, 0) is 30.8 Å². The van der Waals surface area contributed by atoms with Gasteiger partial charge in [0.25, 0.3) is 5.56 Å². The van der Waals surface area contributed by atoms with E-state index in [0.717, 1.165) is 17.1 Å². The van der Waals surface area contributed by atoms with Crippen LogP contribution >= 0.6 is 0 Å². The van der Waals surface area contributed by atoms with Gasteiger partial charge in [-0.15, -0.1) is 0 Å². The number of aromatic amines is 1. The highest BCUT2D eigenvalue weighted by Gasteiger charge is 2.15. The third-order valence-corrected chi connectivity index (χ3v) is 4.57. The Morgan fingerprint density at radius 1 is 1.07 bits per heavy atom. The van der Waals surface area contributed by atoms with Crippen LogP contribution in [0.4, 0.5) is 0 Å². The molecule has 0 amide bonds. The van der Waals surface area contributed by atoms with Crippen LogP contribution in [-0.4, -0.2) is 42.9 Å². The van der Waals surface area contributed by atoms with Gasteiger partial charge in [-0.2, -0.15) is 0 Å². The maximum absolute atomic E-state index is 12.5. The number of fused-ring (bicyclic) bond motifs is 2. The van der Waals surface area contributed by atoms with Crippen LogP contribution in [0.25, 0.3) is 10.9 Å². The minimum Gasteiger partial charge on any atom is -0.493 e. The van der Waals surface area contributed by atoms with E-state index in [-0.39, 0.29) is 12.4 Å². The Bertz CT molecular complexity index is 1080. The molecular weight excluding hydrogens is 362 g/mol. The number of nitrogens with one attached hydrogen (secondary N) is 1. The normalized spacial score (nSPS) is 12.6. The lowest BCUT2D eigenvalue weighted by molar-refractivity contribution is 0.174. The zero-order chi connectivity index (χ0) is 19.7. The SMILES string of the molecule is COc1cc2nc(CN(C)Cc3ccc4c(c3)OCO4)[nH]c(=O)c2cc1OC. The zero-order valence-corrected chi connectivity index (χ0v) is 15.9. The van der Waals surface area contributed by atoms with E-state index in [2.05, 4.69) is 14.9 Å². The van der Waals surface area contributed by atoms with Gasteiger partial charge in [0.05, 0.1) is 31.7 Å². The molecule has 8 nitrogen and oxygen atoms in total. The quantitative estimate of drug-likeness (QED) is 0.699. The predicted octanol–water partition coefficient (Wildman–Crippen LogP) is 2.30. The maximum atomic E-state index is 12.5. The number of hydrogen-bond acceptors (Lipinski definition) is 7. The molecule has 0 spiro atoms. The number of rotatable bonds is 6. The van der Waals surface area contributed by atoms with Crippen molar-refractivity contribution in [2.75, 3.05) is 28.1 Å². The van der Waals surface area contributed by atoms with Crippen LogP contribution in [0.3, 0.4) is 0 Å². The molecule has 2 aromatic carbocycles. The molecule has 146 valence electrons. The molecule has 28 heavy (non-hydrogen) atoms. The first kappa shape index (κ1) is 18.1. The lowest BCUT2D eigenvalue weighted by atomic mass is 10.2. The van der Waals surface area contributed by atoms with Crippen molar-refractivity contribution in [3.05, 3.63) is 52.1 Å². The summed E-state index contributed by atoms with van der Waals surface area (Å²) in [6.07, 6.45) is 0. The number of ether oxygens (including phenoxy) is 4. The van der Waals surface area contributed by atoms with Crippen LogP contribution in [0.2, 0.25) is 0 Å². The molecule has 0 unspecified atom stereocenters. The number of hydrogen-bond donors (Lipinski definition) is 1. The van der Waals surface area contributed by atoms with Crippen molar-refractivity contribution in [1.29, 1.82) is 0 Å². The van der Waals surface area contributed by atoms with Crippen molar-refractivity contribution in [3.8, 4) is 23.0 Å². The number of aromatic nitrogens is 2. The highest BCUT2D eigenvalue weighted by molar-refractivity contribution is 5.81. The average Bonchev–Trinajstić information content (AvgIpc) is 3.14. The Morgan fingerprint density at radius 3 is 2.61 bits per heavy atom. The first-order valence-corrected chi connectivity index (χ1v) is 8.79. The summed E-state index contributed by atoms with van der Waals surface area (Å²) < 4.78 is 21.3. The third kappa shape index (κ3) is 3.46. The second-order valence-electron chi connectivity index (χ2n) is 6.60. The van der Waals surface area contributed by atoms with E-state index in [1.165, 1.54) is 7.11 Å². The molecule has 0 bridgehead atoms. The summed E-state index contributed by atoms with van der Waals surface area (Å²) in [4.78, 5) is 22.0. The fourth-order valence-electron chi connectivity index (χ4n) is 3.25. The van der Waals surface area contributed by atoms with Crippen LogP contribution in [-0.2, 0) is 13.1 Å². The molecular formula is C20H21N3O5. The minimum atomic E-state index is -0.211. The van der Waals surface area contributed by atoms with E-state index in [9.17, 15) is 4.79 Å². The molecule has 0 aliphatic carbocycles. The third-order valence-electron chi connectivity index (χ3n) is 4.57. The zero-order valence-electron chi connectivity index (χ0n) is 15.9. The Kier molecular flexibility index (Phi) is 4.79. The molecule has 1 N–H and O–H groups in total. The van der Waals surface area contributed by atoms with E-state index in [1.54, 1.807) is 19.2 Å². The lowest BCUT2D eigenvalue weighted by Crippen LogP contribution is -2.22. The van der Waals surface area contributed by atoms with Gasteiger partial charge < -0.3 is 23.9 Å². The first-order valence-electron chi connectivity index (χ1n) is 8.79. The summed E-state index contributed by atoms with van der Waals surface area (Å²) in [6.45, 7) is 1.41. The predicted molar refractivity (Wildman–Crippen MR) is 103 cm³/mol. The van der Waals surface area contributed by atoms with Crippen molar-refractivity contribution in [2.45, 2.75) is 13.1 Å². The topological polar surface area (TPSA) is 85.9 Å². The lowest BCUT2D eigenvalue weighted by Gasteiger charge is -2.17. The molecule has 1 aliphatic rings. The summed E-state index contributed by atoms with van der Waals surface area (Å²) in [5.74, 6) is 3.12.